The van der Waals surface area contributed by atoms with E-state index in [2.05, 4.69) is 4.98 Å². The lowest BCUT2D eigenvalue weighted by atomic mass is 10.1. The second-order valence-electron chi connectivity index (χ2n) is 6.42. The van der Waals surface area contributed by atoms with Gasteiger partial charge >= 0.3 is 0 Å². The first kappa shape index (κ1) is 17.7. The molecule has 0 radical (unpaired) electrons. The third-order valence-electron chi connectivity index (χ3n) is 4.65. The first-order chi connectivity index (χ1) is 12.9. The summed E-state index contributed by atoms with van der Waals surface area (Å²) in [6, 6.07) is 13.5. The second-order valence-corrected chi connectivity index (χ2v) is 8.36. The van der Waals surface area contributed by atoms with Gasteiger partial charge in [-0.25, -0.2) is 13.4 Å². The molecule has 1 amide bonds. The Kier molecular flexibility index (Phi) is 4.45. The average Bonchev–Trinajstić information content (AvgIpc) is 3.07. The highest BCUT2D eigenvalue weighted by molar-refractivity contribution is 7.89. The molecule has 2 aromatic carbocycles. The molecule has 1 saturated heterocycles. The molecule has 1 aromatic heterocycles. The average molecular weight is 385 g/mol. The molecule has 140 valence electrons. The maximum absolute atomic E-state index is 12.8. The lowest BCUT2D eigenvalue weighted by Gasteiger charge is -2.34. The molecule has 0 unspecified atom stereocenters. The Morgan fingerprint density at radius 1 is 1.04 bits per heavy atom. The maximum atomic E-state index is 12.8. The van der Waals surface area contributed by atoms with E-state index in [4.69, 9.17) is 4.42 Å². The Labute approximate surface area is 157 Å². The normalized spacial score (nSPS) is 16.0. The van der Waals surface area contributed by atoms with Gasteiger partial charge in [-0.2, -0.15) is 4.31 Å². The zero-order valence-electron chi connectivity index (χ0n) is 14.8. The number of aryl methyl sites for hydroxylation is 1. The van der Waals surface area contributed by atoms with Gasteiger partial charge in [-0.1, -0.05) is 18.2 Å². The second kappa shape index (κ2) is 6.79. The summed E-state index contributed by atoms with van der Waals surface area (Å²) in [5.41, 5.74) is 1.81. The van der Waals surface area contributed by atoms with Gasteiger partial charge in [0.15, 0.2) is 11.5 Å². The number of rotatable bonds is 3. The molecule has 4 rings (SSSR count). The number of hydrogen-bond acceptors (Lipinski definition) is 5. The fourth-order valence-corrected chi connectivity index (χ4v) is 4.67. The molecule has 0 spiro atoms. The van der Waals surface area contributed by atoms with Crippen LogP contribution in [0.2, 0.25) is 0 Å². The molecule has 27 heavy (non-hydrogen) atoms. The Balaban J connectivity index is 1.47. The van der Waals surface area contributed by atoms with Gasteiger partial charge in [-0.3, -0.25) is 4.79 Å². The molecule has 0 aliphatic carbocycles. The van der Waals surface area contributed by atoms with Gasteiger partial charge in [0.05, 0.1) is 4.90 Å². The van der Waals surface area contributed by atoms with E-state index in [1.807, 2.05) is 0 Å². The van der Waals surface area contributed by atoms with E-state index < -0.39 is 10.0 Å². The zero-order chi connectivity index (χ0) is 19.0. The van der Waals surface area contributed by atoms with Crippen LogP contribution in [0.15, 0.2) is 57.8 Å². The fraction of sp³-hybridized carbons (Fsp3) is 0.263. The van der Waals surface area contributed by atoms with Crippen LogP contribution in [0.3, 0.4) is 0 Å². The number of fused-ring (bicyclic) bond motifs is 1. The minimum Gasteiger partial charge on any atom is -0.441 e. The van der Waals surface area contributed by atoms with E-state index in [-0.39, 0.29) is 23.9 Å². The van der Waals surface area contributed by atoms with Gasteiger partial charge in [0.1, 0.15) is 5.52 Å². The molecular weight excluding hydrogens is 366 g/mol. The highest BCUT2D eigenvalue weighted by Crippen LogP contribution is 2.20. The lowest BCUT2D eigenvalue weighted by molar-refractivity contribution is 0.0698. The molecule has 1 aliphatic heterocycles. The number of aromatic nitrogens is 1. The molecule has 3 aromatic rings. The van der Waals surface area contributed by atoms with E-state index >= 15 is 0 Å². The number of benzene rings is 2. The van der Waals surface area contributed by atoms with Crippen molar-refractivity contribution in [1.82, 2.24) is 14.2 Å². The van der Waals surface area contributed by atoms with E-state index in [0.29, 0.717) is 35.6 Å². The maximum Gasteiger partial charge on any atom is 0.254 e. The van der Waals surface area contributed by atoms with Crippen LogP contribution in [-0.4, -0.2) is 54.7 Å². The van der Waals surface area contributed by atoms with Crippen molar-refractivity contribution in [3.63, 3.8) is 0 Å². The Bertz CT molecular complexity index is 1080. The SMILES string of the molecule is Cc1nc2cc(C(=O)N3CCN(S(=O)(=O)c4ccccc4)CC3)ccc2o1. The summed E-state index contributed by atoms with van der Waals surface area (Å²) in [5, 5.41) is 0. The summed E-state index contributed by atoms with van der Waals surface area (Å²) >= 11 is 0. The van der Waals surface area contributed by atoms with Crippen LogP contribution in [0, 0.1) is 6.92 Å². The summed E-state index contributed by atoms with van der Waals surface area (Å²) in [7, 11) is -3.53. The molecule has 7 nitrogen and oxygen atoms in total. The van der Waals surface area contributed by atoms with Crippen molar-refractivity contribution in [3.8, 4) is 0 Å². The number of carbonyl (C=O) groups excluding carboxylic acids is 1. The molecule has 1 aliphatic rings. The minimum absolute atomic E-state index is 0.130. The first-order valence-electron chi connectivity index (χ1n) is 8.67. The van der Waals surface area contributed by atoms with Crippen LogP contribution in [0.5, 0.6) is 0 Å². The van der Waals surface area contributed by atoms with Gasteiger partial charge in [0.25, 0.3) is 5.91 Å². The standard InChI is InChI=1S/C19H19N3O4S/c1-14-20-17-13-15(7-8-18(17)26-14)19(23)21-9-11-22(12-10-21)27(24,25)16-5-3-2-4-6-16/h2-8,13H,9-12H2,1H3. The number of amides is 1. The Morgan fingerprint density at radius 2 is 1.74 bits per heavy atom. The molecule has 0 N–H and O–H groups in total. The summed E-state index contributed by atoms with van der Waals surface area (Å²) in [6.07, 6.45) is 0. The van der Waals surface area contributed by atoms with Crippen LogP contribution in [-0.2, 0) is 10.0 Å². The molecule has 0 saturated carbocycles. The fourth-order valence-electron chi connectivity index (χ4n) is 3.23. The number of sulfonamides is 1. The van der Waals surface area contributed by atoms with Crippen molar-refractivity contribution in [2.24, 2.45) is 0 Å². The van der Waals surface area contributed by atoms with Gasteiger partial charge in [0, 0.05) is 38.7 Å². The van der Waals surface area contributed by atoms with Crippen LogP contribution >= 0.6 is 0 Å². The molecule has 2 heterocycles. The Morgan fingerprint density at radius 3 is 2.44 bits per heavy atom. The van der Waals surface area contributed by atoms with Crippen molar-refractivity contribution in [2.75, 3.05) is 26.2 Å². The van der Waals surface area contributed by atoms with Crippen molar-refractivity contribution in [2.45, 2.75) is 11.8 Å². The molecule has 0 atom stereocenters. The van der Waals surface area contributed by atoms with Crippen molar-refractivity contribution >= 4 is 27.0 Å². The third-order valence-corrected chi connectivity index (χ3v) is 6.56. The summed E-state index contributed by atoms with van der Waals surface area (Å²) < 4.78 is 32.2. The van der Waals surface area contributed by atoms with Crippen molar-refractivity contribution in [3.05, 3.63) is 60.0 Å². The smallest absolute Gasteiger partial charge is 0.254 e. The van der Waals surface area contributed by atoms with Gasteiger partial charge in [0.2, 0.25) is 10.0 Å². The van der Waals surface area contributed by atoms with Crippen molar-refractivity contribution < 1.29 is 17.6 Å². The monoisotopic (exact) mass is 385 g/mol. The summed E-state index contributed by atoms with van der Waals surface area (Å²) in [5.74, 6) is 0.420. The molecule has 0 bridgehead atoms. The molecular formula is C19H19N3O4S. The predicted octanol–water partition coefficient (Wildman–Crippen LogP) is 2.28. The number of nitrogens with zero attached hydrogens (tertiary/aromatic N) is 3. The Hall–Kier alpha value is -2.71. The summed E-state index contributed by atoms with van der Waals surface area (Å²) in [4.78, 5) is 19.0. The molecule has 1 fully saturated rings. The van der Waals surface area contributed by atoms with Crippen LogP contribution in [0.4, 0.5) is 0 Å². The predicted molar refractivity (Wildman–Crippen MR) is 99.9 cm³/mol. The van der Waals surface area contributed by atoms with Gasteiger partial charge < -0.3 is 9.32 Å². The highest BCUT2D eigenvalue weighted by atomic mass is 32.2. The van der Waals surface area contributed by atoms with E-state index in [0.717, 1.165) is 0 Å². The lowest BCUT2D eigenvalue weighted by Crippen LogP contribution is -2.50. The minimum atomic E-state index is -3.53. The van der Waals surface area contributed by atoms with E-state index in [1.165, 1.54) is 4.31 Å². The third kappa shape index (κ3) is 3.33. The summed E-state index contributed by atoms with van der Waals surface area (Å²) in [6.45, 7) is 3.00. The largest absolute Gasteiger partial charge is 0.441 e. The van der Waals surface area contributed by atoms with Crippen LogP contribution < -0.4 is 0 Å². The number of oxazole rings is 1. The van der Waals surface area contributed by atoms with Crippen molar-refractivity contribution in [1.29, 1.82) is 0 Å². The van der Waals surface area contributed by atoms with Gasteiger partial charge in [-0.05, 0) is 30.3 Å². The first-order valence-corrected chi connectivity index (χ1v) is 10.1. The van der Waals surface area contributed by atoms with Crippen LogP contribution in [0.1, 0.15) is 16.2 Å². The van der Waals surface area contributed by atoms with Gasteiger partial charge in [-0.15, -0.1) is 0 Å². The topological polar surface area (TPSA) is 83.7 Å². The number of piperazine rings is 1. The molecule has 8 heteroatoms. The number of hydrogen-bond donors (Lipinski definition) is 0. The quantitative estimate of drug-likeness (QED) is 0.691. The van der Waals surface area contributed by atoms with E-state index in [1.54, 1.807) is 60.4 Å². The highest BCUT2D eigenvalue weighted by Gasteiger charge is 2.30. The van der Waals surface area contributed by atoms with Crippen LogP contribution in [0.25, 0.3) is 11.1 Å². The zero-order valence-corrected chi connectivity index (χ0v) is 15.6. The number of carbonyl (C=O) groups is 1. The van der Waals surface area contributed by atoms with E-state index in [9.17, 15) is 13.2 Å².